The van der Waals surface area contributed by atoms with Crippen LogP contribution in [-0.2, 0) is 4.74 Å². The fourth-order valence-corrected chi connectivity index (χ4v) is 2.30. The van der Waals surface area contributed by atoms with Gasteiger partial charge in [-0.3, -0.25) is 4.79 Å². The molecule has 0 aliphatic rings. The zero-order valence-corrected chi connectivity index (χ0v) is 14.5. The number of aromatic nitrogens is 2. The SMILES string of the molecule is CCOC(=O)c1ccccc1NC(=O)c1nnc(-c2ccc(Cl)cc2)o1. The summed E-state index contributed by atoms with van der Waals surface area (Å²) in [6.45, 7) is 1.94. The Kier molecular flexibility index (Phi) is 5.28. The highest BCUT2D eigenvalue weighted by molar-refractivity contribution is 6.30. The van der Waals surface area contributed by atoms with Crippen LogP contribution in [0.15, 0.2) is 52.9 Å². The van der Waals surface area contributed by atoms with Crippen molar-refractivity contribution in [2.45, 2.75) is 6.92 Å². The first kappa shape index (κ1) is 17.6. The van der Waals surface area contributed by atoms with Gasteiger partial charge in [-0.1, -0.05) is 23.7 Å². The summed E-state index contributed by atoms with van der Waals surface area (Å²) in [5.41, 5.74) is 1.16. The van der Waals surface area contributed by atoms with Crippen LogP contribution >= 0.6 is 11.6 Å². The number of hydrogen-bond acceptors (Lipinski definition) is 6. The van der Waals surface area contributed by atoms with Crippen LogP contribution < -0.4 is 5.32 Å². The molecule has 0 spiro atoms. The third kappa shape index (κ3) is 3.89. The number of para-hydroxylation sites is 1. The predicted octanol–water partition coefficient (Wildman–Crippen LogP) is 3.82. The van der Waals surface area contributed by atoms with Gasteiger partial charge >= 0.3 is 17.8 Å². The molecule has 3 aromatic rings. The molecule has 8 heteroatoms. The first-order chi connectivity index (χ1) is 12.6. The van der Waals surface area contributed by atoms with Gasteiger partial charge in [0.1, 0.15) is 0 Å². The molecule has 0 atom stereocenters. The predicted molar refractivity (Wildman–Crippen MR) is 95.1 cm³/mol. The first-order valence-corrected chi connectivity index (χ1v) is 8.13. The Morgan fingerprint density at radius 2 is 1.85 bits per heavy atom. The molecule has 1 heterocycles. The molecule has 2 aromatic carbocycles. The lowest BCUT2D eigenvalue weighted by atomic mass is 10.2. The van der Waals surface area contributed by atoms with Crippen molar-refractivity contribution in [2.24, 2.45) is 0 Å². The van der Waals surface area contributed by atoms with E-state index < -0.39 is 11.9 Å². The lowest BCUT2D eigenvalue weighted by Crippen LogP contribution is -2.16. The van der Waals surface area contributed by atoms with E-state index in [9.17, 15) is 9.59 Å². The van der Waals surface area contributed by atoms with E-state index in [0.29, 0.717) is 16.3 Å². The molecular weight excluding hydrogens is 358 g/mol. The summed E-state index contributed by atoms with van der Waals surface area (Å²) in [5, 5.41) is 10.8. The summed E-state index contributed by atoms with van der Waals surface area (Å²) in [6, 6.07) is 13.3. The quantitative estimate of drug-likeness (QED) is 0.685. The highest BCUT2D eigenvalue weighted by Crippen LogP contribution is 2.21. The second-order valence-corrected chi connectivity index (χ2v) is 5.58. The summed E-state index contributed by atoms with van der Waals surface area (Å²) < 4.78 is 10.4. The van der Waals surface area contributed by atoms with Crippen LogP contribution in [0.5, 0.6) is 0 Å². The Bertz CT molecular complexity index is 938. The number of nitrogens with one attached hydrogen (secondary N) is 1. The van der Waals surface area contributed by atoms with Gasteiger partial charge in [-0.25, -0.2) is 4.79 Å². The maximum absolute atomic E-state index is 12.4. The molecule has 1 amide bonds. The standard InChI is InChI=1S/C18H14ClN3O4/c1-2-25-18(24)13-5-3-4-6-14(13)20-15(23)17-22-21-16(26-17)11-7-9-12(19)10-8-11/h3-10H,2H2,1H3,(H,20,23). The van der Waals surface area contributed by atoms with Crippen molar-refractivity contribution in [1.82, 2.24) is 10.2 Å². The van der Waals surface area contributed by atoms with Gasteiger partial charge in [0, 0.05) is 10.6 Å². The topological polar surface area (TPSA) is 94.3 Å². The van der Waals surface area contributed by atoms with E-state index in [1.165, 1.54) is 0 Å². The molecule has 0 bridgehead atoms. The minimum atomic E-state index is -0.630. The molecule has 1 aromatic heterocycles. The van der Waals surface area contributed by atoms with E-state index in [4.69, 9.17) is 20.8 Å². The van der Waals surface area contributed by atoms with E-state index in [1.54, 1.807) is 55.5 Å². The Hall–Kier alpha value is -3.19. The Labute approximate surface area is 153 Å². The van der Waals surface area contributed by atoms with E-state index in [2.05, 4.69) is 15.5 Å². The maximum atomic E-state index is 12.4. The van der Waals surface area contributed by atoms with Crippen LogP contribution in [0.3, 0.4) is 0 Å². The largest absolute Gasteiger partial charge is 0.462 e. The summed E-state index contributed by atoms with van der Waals surface area (Å²) in [4.78, 5) is 24.3. The fourth-order valence-electron chi connectivity index (χ4n) is 2.18. The van der Waals surface area contributed by atoms with Gasteiger partial charge in [0.05, 0.1) is 17.9 Å². The zero-order valence-electron chi connectivity index (χ0n) is 13.7. The van der Waals surface area contributed by atoms with Gasteiger partial charge in [0.25, 0.3) is 0 Å². The average Bonchev–Trinajstić information content (AvgIpc) is 3.13. The van der Waals surface area contributed by atoms with Crippen molar-refractivity contribution in [2.75, 3.05) is 11.9 Å². The number of benzene rings is 2. The molecule has 7 nitrogen and oxygen atoms in total. The lowest BCUT2D eigenvalue weighted by Gasteiger charge is -2.08. The number of halogens is 1. The highest BCUT2D eigenvalue weighted by Gasteiger charge is 2.19. The van der Waals surface area contributed by atoms with Crippen molar-refractivity contribution >= 4 is 29.2 Å². The van der Waals surface area contributed by atoms with Crippen LogP contribution in [-0.4, -0.2) is 28.7 Å². The normalized spacial score (nSPS) is 10.4. The van der Waals surface area contributed by atoms with E-state index in [-0.39, 0.29) is 24.0 Å². The number of anilines is 1. The first-order valence-electron chi connectivity index (χ1n) is 7.75. The smallest absolute Gasteiger partial charge is 0.340 e. The second kappa shape index (κ2) is 7.79. The number of carbonyl (C=O) groups excluding carboxylic acids is 2. The molecule has 26 heavy (non-hydrogen) atoms. The third-order valence-electron chi connectivity index (χ3n) is 3.38. The second-order valence-electron chi connectivity index (χ2n) is 5.14. The summed E-state index contributed by atoms with van der Waals surface area (Å²) >= 11 is 5.84. The summed E-state index contributed by atoms with van der Waals surface area (Å²) in [7, 11) is 0. The molecule has 0 fully saturated rings. The third-order valence-corrected chi connectivity index (χ3v) is 3.63. The fraction of sp³-hybridized carbons (Fsp3) is 0.111. The highest BCUT2D eigenvalue weighted by atomic mass is 35.5. The molecule has 0 radical (unpaired) electrons. The molecule has 0 saturated carbocycles. The number of carbonyl (C=O) groups is 2. The van der Waals surface area contributed by atoms with Gasteiger partial charge in [-0.05, 0) is 43.3 Å². The Balaban J connectivity index is 1.79. The van der Waals surface area contributed by atoms with Gasteiger partial charge < -0.3 is 14.5 Å². The molecule has 0 aliphatic carbocycles. The summed E-state index contributed by atoms with van der Waals surface area (Å²) in [6.07, 6.45) is 0. The maximum Gasteiger partial charge on any atom is 0.340 e. The molecular formula is C18H14ClN3O4. The van der Waals surface area contributed by atoms with E-state index in [0.717, 1.165) is 0 Å². The van der Waals surface area contributed by atoms with Crippen LogP contribution in [0.4, 0.5) is 5.69 Å². The Morgan fingerprint density at radius 3 is 2.58 bits per heavy atom. The minimum Gasteiger partial charge on any atom is -0.462 e. The van der Waals surface area contributed by atoms with Gasteiger partial charge in [-0.2, -0.15) is 0 Å². The van der Waals surface area contributed by atoms with Gasteiger partial charge in [-0.15, -0.1) is 10.2 Å². The minimum absolute atomic E-state index is 0.186. The number of esters is 1. The van der Waals surface area contributed by atoms with Crippen LogP contribution in [0.1, 0.15) is 28.0 Å². The van der Waals surface area contributed by atoms with E-state index >= 15 is 0 Å². The van der Waals surface area contributed by atoms with Crippen LogP contribution in [0.2, 0.25) is 5.02 Å². The molecule has 1 N–H and O–H groups in total. The number of hydrogen-bond donors (Lipinski definition) is 1. The molecule has 132 valence electrons. The van der Waals surface area contributed by atoms with Crippen molar-refractivity contribution < 1.29 is 18.7 Å². The van der Waals surface area contributed by atoms with Crippen molar-refractivity contribution in [3.05, 3.63) is 65.0 Å². The lowest BCUT2D eigenvalue weighted by molar-refractivity contribution is 0.0527. The average molecular weight is 372 g/mol. The van der Waals surface area contributed by atoms with E-state index in [1.807, 2.05) is 0 Å². The summed E-state index contributed by atoms with van der Waals surface area (Å²) in [5.74, 6) is -1.20. The number of nitrogens with zero attached hydrogens (tertiary/aromatic N) is 2. The number of ether oxygens (including phenoxy) is 1. The molecule has 0 saturated heterocycles. The van der Waals surface area contributed by atoms with Gasteiger partial charge in [0.15, 0.2) is 0 Å². The van der Waals surface area contributed by atoms with Crippen molar-refractivity contribution in [3.63, 3.8) is 0 Å². The Morgan fingerprint density at radius 1 is 1.12 bits per heavy atom. The molecule has 0 unspecified atom stereocenters. The van der Waals surface area contributed by atoms with Crippen LogP contribution in [0, 0.1) is 0 Å². The zero-order chi connectivity index (χ0) is 18.5. The van der Waals surface area contributed by atoms with Crippen LogP contribution in [0.25, 0.3) is 11.5 Å². The van der Waals surface area contributed by atoms with Gasteiger partial charge in [0.2, 0.25) is 5.89 Å². The molecule has 3 rings (SSSR count). The number of amides is 1. The molecule has 0 aliphatic heterocycles. The monoisotopic (exact) mass is 371 g/mol. The van der Waals surface area contributed by atoms with Crippen molar-refractivity contribution in [1.29, 1.82) is 0 Å². The number of rotatable bonds is 5. The van der Waals surface area contributed by atoms with Crippen molar-refractivity contribution in [3.8, 4) is 11.5 Å².